The number of hydrogen-bond acceptors (Lipinski definition) is 6. The van der Waals surface area contributed by atoms with Gasteiger partial charge in [-0.25, -0.2) is 0 Å². The van der Waals surface area contributed by atoms with E-state index in [0.717, 1.165) is 72.9 Å². The highest BCUT2D eigenvalue weighted by Crippen LogP contribution is 2.46. The Morgan fingerprint density at radius 2 is 1.74 bits per heavy atom. The second kappa shape index (κ2) is 7.97. The van der Waals surface area contributed by atoms with Gasteiger partial charge in [0.05, 0.1) is 36.4 Å². The second-order valence-electron chi connectivity index (χ2n) is 7.83. The summed E-state index contributed by atoms with van der Waals surface area (Å²) < 4.78 is 18.4. The lowest BCUT2D eigenvalue weighted by Crippen LogP contribution is -2.66. The molecular formula is C20H29BrN2O4. The van der Waals surface area contributed by atoms with E-state index >= 15 is 0 Å². The third-order valence-corrected chi connectivity index (χ3v) is 7.22. The van der Waals surface area contributed by atoms with Crippen molar-refractivity contribution in [2.24, 2.45) is 0 Å². The number of fused-ring (bicyclic) bond motifs is 1. The summed E-state index contributed by atoms with van der Waals surface area (Å²) in [5.74, 6) is 0.788. The lowest BCUT2D eigenvalue weighted by atomic mass is 9.82. The first-order chi connectivity index (χ1) is 13.0. The Morgan fingerprint density at radius 1 is 1.11 bits per heavy atom. The Morgan fingerprint density at radius 3 is 2.41 bits per heavy atom. The Balaban J connectivity index is 1.72. The number of halogens is 1. The molecule has 2 fully saturated rings. The first-order valence-corrected chi connectivity index (χ1v) is 10.6. The van der Waals surface area contributed by atoms with E-state index in [1.165, 1.54) is 0 Å². The van der Waals surface area contributed by atoms with Crippen LogP contribution in [0.2, 0.25) is 0 Å². The van der Waals surface area contributed by atoms with E-state index < -0.39 is 11.6 Å². The van der Waals surface area contributed by atoms with Gasteiger partial charge in [0.25, 0.3) is 0 Å². The molecule has 0 aliphatic carbocycles. The Hall–Kier alpha value is -0.700. The highest BCUT2D eigenvalue weighted by Gasteiger charge is 2.50. The minimum atomic E-state index is -0.613. The topological polar surface area (TPSA) is 54.4 Å². The van der Waals surface area contributed by atoms with E-state index in [-0.39, 0.29) is 0 Å². The number of aryl methyl sites for hydroxylation is 1. The molecule has 1 aromatic carbocycles. The quantitative estimate of drug-likeness (QED) is 0.774. The monoisotopic (exact) mass is 440 g/mol. The van der Waals surface area contributed by atoms with E-state index in [1.807, 2.05) is 0 Å². The van der Waals surface area contributed by atoms with Crippen molar-refractivity contribution in [2.75, 3.05) is 65.8 Å². The standard InChI is InChI=1S/C20H29BrN2O4/c1-14-11-16-18(17(21)15(14)2)27-13-20(19(16)24,23-5-9-26-10-6-23)12-22-3-7-25-8-4-22/h11,19,24H,3-10,12-13H2,1-2H3/t19-,20-/m1/s1. The Bertz CT molecular complexity index is 689. The van der Waals surface area contributed by atoms with Gasteiger partial charge in [-0.2, -0.15) is 0 Å². The summed E-state index contributed by atoms with van der Waals surface area (Å²) in [4.78, 5) is 4.77. The zero-order chi connectivity index (χ0) is 19.0. The molecule has 7 heteroatoms. The van der Waals surface area contributed by atoms with Crippen molar-refractivity contribution in [3.63, 3.8) is 0 Å². The van der Waals surface area contributed by atoms with Crippen LogP contribution in [-0.4, -0.2) is 86.2 Å². The zero-order valence-electron chi connectivity index (χ0n) is 16.2. The van der Waals surface area contributed by atoms with Gasteiger partial charge < -0.3 is 19.3 Å². The summed E-state index contributed by atoms with van der Waals surface area (Å²) in [7, 11) is 0. The normalized spacial score (nSPS) is 30.0. The van der Waals surface area contributed by atoms with E-state index in [2.05, 4.69) is 45.6 Å². The van der Waals surface area contributed by atoms with Crippen molar-refractivity contribution >= 4 is 15.9 Å². The van der Waals surface area contributed by atoms with Gasteiger partial charge in [0.1, 0.15) is 18.5 Å². The summed E-state index contributed by atoms with van der Waals surface area (Å²) in [6.45, 7) is 11.7. The highest BCUT2D eigenvalue weighted by molar-refractivity contribution is 9.10. The SMILES string of the molecule is Cc1cc2c(c(Br)c1C)OC[C@@](CN1CCOCC1)(N1CCOCC1)[C@@H]2O. The van der Waals surface area contributed by atoms with Crippen molar-refractivity contribution < 1.29 is 19.3 Å². The van der Waals surface area contributed by atoms with Crippen LogP contribution < -0.4 is 4.74 Å². The lowest BCUT2D eigenvalue weighted by Gasteiger charge is -2.52. The molecule has 0 bridgehead atoms. The van der Waals surface area contributed by atoms with Gasteiger partial charge in [-0.15, -0.1) is 0 Å². The minimum absolute atomic E-state index is 0.472. The van der Waals surface area contributed by atoms with Crippen LogP contribution in [-0.2, 0) is 9.47 Å². The van der Waals surface area contributed by atoms with Crippen LogP contribution in [0.15, 0.2) is 10.5 Å². The molecule has 4 rings (SSSR count). The van der Waals surface area contributed by atoms with Crippen molar-refractivity contribution in [1.29, 1.82) is 0 Å². The number of aliphatic hydroxyl groups is 1. The molecule has 0 saturated carbocycles. The molecule has 0 spiro atoms. The molecule has 3 aliphatic heterocycles. The molecular weight excluding hydrogens is 412 g/mol. The van der Waals surface area contributed by atoms with Gasteiger partial charge in [-0.1, -0.05) is 0 Å². The molecule has 0 unspecified atom stereocenters. The number of hydrogen-bond donors (Lipinski definition) is 1. The van der Waals surface area contributed by atoms with Gasteiger partial charge in [0.2, 0.25) is 0 Å². The maximum atomic E-state index is 11.7. The fourth-order valence-electron chi connectivity index (χ4n) is 4.44. The van der Waals surface area contributed by atoms with Gasteiger partial charge >= 0.3 is 0 Å². The molecule has 3 heterocycles. The molecule has 6 nitrogen and oxygen atoms in total. The van der Waals surface area contributed by atoms with Gasteiger partial charge in [0.15, 0.2) is 0 Å². The van der Waals surface area contributed by atoms with E-state index in [1.54, 1.807) is 0 Å². The van der Waals surface area contributed by atoms with Crippen LogP contribution >= 0.6 is 15.9 Å². The van der Waals surface area contributed by atoms with Crippen LogP contribution in [0.3, 0.4) is 0 Å². The zero-order valence-corrected chi connectivity index (χ0v) is 17.8. The Labute approximate surface area is 169 Å². The molecule has 2 saturated heterocycles. The predicted octanol–water partition coefficient (Wildman–Crippen LogP) is 1.89. The third kappa shape index (κ3) is 3.54. The maximum absolute atomic E-state index is 11.7. The fraction of sp³-hybridized carbons (Fsp3) is 0.700. The first kappa shape index (κ1) is 19.6. The summed E-state index contributed by atoms with van der Waals surface area (Å²) in [6.07, 6.45) is -0.613. The maximum Gasteiger partial charge on any atom is 0.139 e. The largest absolute Gasteiger partial charge is 0.490 e. The number of ether oxygens (including phenoxy) is 3. The molecule has 2 atom stereocenters. The average Bonchev–Trinajstić information content (AvgIpc) is 2.70. The molecule has 0 aromatic heterocycles. The molecule has 0 amide bonds. The molecule has 1 aromatic rings. The lowest BCUT2D eigenvalue weighted by molar-refractivity contribution is -0.125. The number of benzene rings is 1. The number of aliphatic hydroxyl groups excluding tert-OH is 1. The molecule has 0 radical (unpaired) electrons. The van der Waals surface area contributed by atoms with Crippen LogP contribution in [0.5, 0.6) is 5.75 Å². The second-order valence-corrected chi connectivity index (χ2v) is 8.63. The molecule has 3 aliphatic rings. The first-order valence-electron chi connectivity index (χ1n) is 9.76. The average molecular weight is 441 g/mol. The van der Waals surface area contributed by atoms with Crippen LogP contribution in [0.25, 0.3) is 0 Å². The number of rotatable bonds is 3. The van der Waals surface area contributed by atoms with Crippen LogP contribution in [0, 0.1) is 13.8 Å². The van der Waals surface area contributed by atoms with Crippen molar-refractivity contribution in [1.82, 2.24) is 9.80 Å². The van der Waals surface area contributed by atoms with Crippen molar-refractivity contribution in [2.45, 2.75) is 25.5 Å². The summed E-state index contributed by atoms with van der Waals surface area (Å²) in [5.41, 5.74) is 2.73. The van der Waals surface area contributed by atoms with E-state index in [9.17, 15) is 5.11 Å². The predicted molar refractivity (Wildman–Crippen MR) is 106 cm³/mol. The van der Waals surface area contributed by atoms with Gasteiger partial charge in [0, 0.05) is 38.3 Å². The van der Waals surface area contributed by atoms with E-state index in [4.69, 9.17) is 14.2 Å². The van der Waals surface area contributed by atoms with Gasteiger partial charge in [-0.3, -0.25) is 9.80 Å². The highest BCUT2D eigenvalue weighted by atomic mass is 79.9. The van der Waals surface area contributed by atoms with Gasteiger partial charge in [-0.05, 0) is 47.0 Å². The Kier molecular flexibility index (Phi) is 5.79. The number of nitrogens with zero attached hydrogens (tertiary/aromatic N) is 2. The number of morpholine rings is 2. The van der Waals surface area contributed by atoms with Crippen molar-refractivity contribution in [3.05, 3.63) is 27.2 Å². The summed E-state index contributed by atoms with van der Waals surface area (Å²) in [6, 6.07) is 2.09. The van der Waals surface area contributed by atoms with Crippen LogP contribution in [0.4, 0.5) is 0 Å². The fourth-order valence-corrected chi connectivity index (χ4v) is 5.10. The van der Waals surface area contributed by atoms with Crippen LogP contribution in [0.1, 0.15) is 22.8 Å². The summed E-state index contributed by atoms with van der Waals surface area (Å²) in [5, 5.41) is 11.7. The molecule has 150 valence electrons. The third-order valence-electron chi connectivity index (χ3n) is 6.27. The summed E-state index contributed by atoms with van der Waals surface area (Å²) >= 11 is 3.68. The van der Waals surface area contributed by atoms with Crippen molar-refractivity contribution in [3.8, 4) is 5.75 Å². The molecule has 1 N–H and O–H groups in total. The van der Waals surface area contributed by atoms with E-state index in [0.29, 0.717) is 19.8 Å². The molecule has 27 heavy (non-hydrogen) atoms. The smallest absolute Gasteiger partial charge is 0.139 e. The minimum Gasteiger partial charge on any atom is -0.490 e.